The summed E-state index contributed by atoms with van der Waals surface area (Å²) in [4.78, 5) is 12.3. The van der Waals surface area contributed by atoms with Crippen molar-refractivity contribution in [2.45, 2.75) is 49.7 Å². The third kappa shape index (κ3) is 4.90. The summed E-state index contributed by atoms with van der Waals surface area (Å²) in [6, 6.07) is 4.83. The van der Waals surface area contributed by atoms with Crippen molar-refractivity contribution in [2.75, 3.05) is 11.2 Å². The standard InChI is InChI=1S/C16H20F3N5OS/c1-3-4-9-13-22-23-15(24(13)20)26-10(2)14(25)21-12-8-6-5-7-11(12)16(17,18)19/h5-8,10H,3-4,9,20H2,1-2H3,(H,21,25)/t10-/m0/s1. The number of nitrogens with two attached hydrogens (primary N) is 1. The van der Waals surface area contributed by atoms with Crippen molar-refractivity contribution in [2.24, 2.45) is 0 Å². The number of amides is 1. The number of carbonyl (C=O) groups excluding carboxylic acids is 1. The number of anilines is 1. The van der Waals surface area contributed by atoms with Gasteiger partial charge in [-0.15, -0.1) is 10.2 Å². The minimum absolute atomic E-state index is 0.282. The molecule has 0 radical (unpaired) electrons. The number of nitrogens with zero attached hydrogens (tertiary/aromatic N) is 3. The second kappa shape index (κ2) is 8.43. The number of unbranched alkanes of at least 4 members (excludes halogenated alkanes) is 1. The van der Waals surface area contributed by atoms with E-state index in [9.17, 15) is 18.0 Å². The van der Waals surface area contributed by atoms with Crippen molar-refractivity contribution in [1.82, 2.24) is 14.9 Å². The van der Waals surface area contributed by atoms with Crippen LogP contribution in [0.15, 0.2) is 29.4 Å². The molecule has 0 bridgehead atoms. The highest BCUT2D eigenvalue weighted by Gasteiger charge is 2.34. The predicted octanol–water partition coefficient (Wildman–Crippen LogP) is 3.47. The van der Waals surface area contributed by atoms with E-state index in [0.717, 1.165) is 30.7 Å². The zero-order valence-electron chi connectivity index (χ0n) is 14.4. The van der Waals surface area contributed by atoms with Gasteiger partial charge in [0, 0.05) is 6.42 Å². The van der Waals surface area contributed by atoms with Gasteiger partial charge in [0.05, 0.1) is 16.5 Å². The van der Waals surface area contributed by atoms with Crippen molar-refractivity contribution in [1.29, 1.82) is 0 Å². The minimum Gasteiger partial charge on any atom is -0.336 e. The summed E-state index contributed by atoms with van der Waals surface area (Å²) in [5.74, 6) is 5.94. The van der Waals surface area contributed by atoms with Crippen molar-refractivity contribution >= 4 is 23.4 Å². The maximum absolute atomic E-state index is 13.0. The quantitative estimate of drug-likeness (QED) is 0.561. The Hall–Kier alpha value is -2.23. The van der Waals surface area contributed by atoms with E-state index in [0.29, 0.717) is 17.4 Å². The SMILES string of the molecule is CCCCc1nnc(S[C@@H](C)C(=O)Nc2ccccc2C(F)(F)F)n1N. The maximum Gasteiger partial charge on any atom is 0.418 e. The van der Waals surface area contributed by atoms with Crippen molar-refractivity contribution in [3.05, 3.63) is 35.7 Å². The molecule has 0 aliphatic rings. The first-order valence-corrected chi connectivity index (χ1v) is 8.95. The monoisotopic (exact) mass is 387 g/mol. The molecule has 0 saturated heterocycles. The summed E-state index contributed by atoms with van der Waals surface area (Å²) in [5, 5.41) is 9.88. The van der Waals surface area contributed by atoms with Gasteiger partial charge in [0.25, 0.3) is 0 Å². The van der Waals surface area contributed by atoms with Crippen LogP contribution in [-0.2, 0) is 17.4 Å². The normalized spacial score (nSPS) is 12.8. The summed E-state index contributed by atoms with van der Waals surface area (Å²) >= 11 is 1.04. The number of aryl methyl sites for hydroxylation is 1. The Morgan fingerprint density at radius 3 is 2.69 bits per heavy atom. The molecule has 0 unspecified atom stereocenters. The fourth-order valence-electron chi connectivity index (χ4n) is 2.18. The lowest BCUT2D eigenvalue weighted by Crippen LogP contribution is -2.25. The Morgan fingerprint density at radius 2 is 2.04 bits per heavy atom. The van der Waals surface area contributed by atoms with Crippen LogP contribution in [0.1, 0.15) is 38.1 Å². The molecule has 0 aliphatic heterocycles. The molecule has 3 N–H and O–H groups in total. The number of hydrogen-bond acceptors (Lipinski definition) is 5. The zero-order chi connectivity index (χ0) is 19.3. The number of nitrogens with one attached hydrogen (secondary N) is 1. The smallest absolute Gasteiger partial charge is 0.336 e. The molecule has 1 amide bonds. The number of hydrogen-bond donors (Lipinski definition) is 2. The molecule has 0 fully saturated rings. The molecule has 2 rings (SSSR count). The van der Waals surface area contributed by atoms with Crippen LogP contribution in [0.4, 0.5) is 18.9 Å². The summed E-state index contributed by atoms with van der Waals surface area (Å²) < 4.78 is 40.3. The van der Waals surface area contributed by atoms with E-state index in [2.05, 4.69) is 15.5 Å². The van der Waals surface area contributed by atoms with E-state index >= 15 is 0 Å². The van der Waals surface area contributed by atoms with Gasteiger partial charge >= 0.3 is 6.18 Å². The fraction of sp³-hybridized carbons (Fsp3) is 0.438. The van der Waals surface area contributed by atoms with Crippen LogP contribution < -0.4 is 11.2 Å². The van der Waals surface area contributed by atoms with E-state index in [1.54, 1.807) is 6.92 Å². The van der Waals surface area contributed by atoms with Gasteiger partial charge in [-0.1, -0.05) is 37.2 Å². The van der Waals surface area contributed by atoms with Gasteiger partial charge < -0.3 is 11.2 Å². The molecular formula is C16H20F3N5OS. The number of benzene rings is 1. The number of nitrogen functional groups attached to an aromatic ring is 1. The Morgan fingerprint density at radius 1 is 1.35 bits per heavy atom. The Labute approximate surface area is 153 Å². The largest absolute Gasteiger partial charge is 0.418 e. The molecule has 1 atom stereocenters. The van der Waals surface area contributed by atoms with E-state index in [1.807, 2.05) is 6.92 Å². The Bertz CT molecular complexity index is 763. The Balaban J connectivity index is 2.06. The fourth-order valence-corrected chi connectivity index (χ4v) is 2.97. The lowest BCUT2D eigenvalue weighted by atomic mass is 10.1. The molecule has 1 aromatic carbocycles. The lowest BCUT2D eigenvalue weighted by molar-refractivity contribution is -0.137. The van der Waals surface area contributed by atoms with Crippen LogP contribution in [0.5, 0.6) is 0 Å². The number of carbonyl (C=O) groups is 1. The Kier molecular flexibility index (Phi) is 6.52. The molecule has 0 saturated carbocycles. The van der Waals surface area contributed by atoms with Crippen LogP contribution in [0, 0.1) is 0 Å². The van der Waals surface area contributed by atoms with Crippen LogP contribution >= 0.6 is 11.8 Å². The third-order valence-electron chi connectivity index (χ3n) is 3.63. The van der Waals surface area contributed by atoms with E-state index < -0.39 is 22.9 Å². The van der Waals surface area contributed by atoms with Crippen LogP contribution in [0.2, 0.25) is 0 Å². The molecule has 1 aromatic heterocycles. The summed E-state index contributed by atoms with van der Waals surface area (Å²) in [6.45, 7) is 3.61. The van der Waals surface area contributed by atoms with Gasteiger partial charge in [0.2, 0.25) is 11.1 Å². The molecule has 1 heterocycles. The van der Waals surface area contributed by atoms with Crippen molar-refractivity contribution in [3.63, 3.8) is 0 Å². The van der Waals surface area contributed by atoms with E-state index in [1.165, 1.54) is 22.9 Å². The highest BCUT2D eigenvalue weighted by molar-refractivity contribution is 8.00. The first-order valence-electron chi connectivity index (χ1n) is 8.07. The summed E-state index contributed by atoms with van der Waals surface area (Å²) in [5.41, 5.74) is -1.18. The molecule has 10 heteroatoms. The number of para-hydroxylation sites is 1. The average Bonchev–Trinajstić information content (AvgIpc) is 2.92. The first kappa shape index (κ1) is 20.1. The van der Waals surface area contributed by atoms with Crippen molar-refractivity contribution < 1.29 is 18.0 Å². The molecule has 142 valence electrons. The van der Waals surface area contributed by atoms with Gasteiger partial charge in [-0.05, 0) is 25.5 Å². The number of rotatable bonds is 7. The highest BCUT2D eigenvalue weighted by Crippen LogP contribution is 2.35. The molecule has 0 spiro atoms. The molecule has 0 aliphatic carbocycles. The highest BCUT2D eigenvalue weighted by atomic mass is 32.2. The van der Waals surface area contributed by atoms with Gasteiger partial charge in [-0.3, -0.25) is 4.79 Å². The zero-order valence-corrected chi connectivity index (χ0v) is 15.2. The second-order valence-corrected chi connectivity index (χ2v) is 6.97. The summed E-state index contributed by atoms with van der Waals surface area (Å²) in [7, 11) is 0. The van der Waals surface area contributed by atoms with Crippen LogP contribution in [0.3, 0.4) is 0 Å². The number of alkyl halides is 3. The van der Waals surface area contributed by atoms with Gasteiger partial charge in [-0.25, -0.2) is 4.68 Å². The van der Waals surface area contributed by atoms with E-state index in [4.69, 9.17) is 5.84 Å². The van der Waals surface area contributed by atoms with Crippen LogP contribution in [0.25, 0.3) is 0 Å². The minimum atomic E-state index is -4.55. The van der Waals surface area contributed by atoms with Gasteiger partial charge in [-0.2, -0.15) is 13.2 Å². The average molecular weight is 387 g/mol. The number of thioether (sulfide) groups is 1. The van der Waals surface area contributed by atoms with Crippen LogP contribution in [-0.4, -0.2) is 26.0 Å². The molecule has 2 aromatic rings. The maximum atomic E-state index is 13.0. The second-order valence-electron chi connectivity index (χ2n) is 5.67. The van der Waals surface area contributed by atoms with Gasteiger partial charge in [0.1, 0.15) is 0 Å². The molecule has 26 heavy (non-hydrogen) atoms. The van der Waals surface area contributed by atoms with E-state index in [-0.39, 0.29) is 5.69 Å². The topological polar surface area (TPSA) is 85.8 Å². The van der Waals surface area contributed by atoms with Crippen molar-refractivity contribution in [3.8, 4) is 0 Å². The third-order valence-corrected chi connectivity index (χ3v) is 4.69. The lowest BCUT2D eigenvalue weighted by Gasteiger charge is -2.15. The number of halogens is 3. The first-order chi connectivity index (χ1) is 12.2. The van der Waals surface area contributed by atoms with Gasteiger partial charge in [0.15, 0.2) is 5.82 Å². The molecular weight excluding hydrogens is 367 g/mol. The molecule has 6 nitrogen and oxygen atoms in total. The predicted molar refractivity (Wildman–Crippen MR) is 94.2 cm³/mol. The number of aromatic nitrogens is 3. The summed E-state index contributed by atoms with van der Waals surface area (Å²) in [6.07, 6.45) is -2.00.